The summed E-state index contributed by atoms with van der Waals surface area (Å²) in [6.45, 7) is 7.29. The third-order valence-corrected chi connectivity index (χ3v) is 4.77. The molecule has 0 saturated carbocycles. The topological polar surface area (TPSA) is 46.9 Å². The third-order valence-electron chi connectivity index (χ3n) is 4.45. The fourth-order valence-corrected chi connectivity index (χ4v) is 3.21. The molecule has 1 heterocycles. The SMILES string of the molecule is CC(C)CCN[C@@H](C)c1nc2ccccc2c(=O)n1-c1ccccc1Cl. The lowest BCUT2D eigenvalue weighted by atomic mass is 10.1. The molecule has 0 radical (unpaired) electrons. The first kappa shape index (κ1) is 18.6. The summed E-state index contributed by atoms with van der Waals surface area (Å²) in [5.41, 5.74) is 1.26. The van der Waals surface area contributed by atoms with Gasteiger partial charge in [-0.05, 0) is 50.1 Å². The zero-order valence-electron chi connectivity index (χ0n) is 15.4. The fourth-order valence-electron chi connectivity index (χ4n) is 2.99. The van der Waals surface area contributed by atoms with Crippen molar-refractivity contribution in [3.8, 4) is 5.69 Å². The monoisotopic (exact) mass is 369 g/mol. The van der Waals surface area contributed by atoms with E-state index in [1.54, 1.807) is 16.7 Å². The van der Waals surface area contributed by atoms with E-state index in [0.29, 0.717) is 33.4 Å². The molecule has 1 atom stereocenters. The number of aromatic nitrogens is 2. The number of nitrogens with zero attached hydrogens (tertiary/aromatic N) is 2. The van der Waals surface area contributed by atoms with Crippen molar-refractivity contribution in [2.45, 2.75) is 33.2 Å². The minimum atomic E-state index is -0.101. The van der Waals surface area contributed by atoms with Crippen LogP contribution in [0.4, 0.5) is 0 Å². The van der Waals surface area contributed by atoms with Crippen molar-refractivity contribution in [3.05, 3.63) is 69.7 Å². The Balaban J connectivity index is 2.15. The third kappa shape index (κ3) is 3.81. The maximum Gasteiger partial charge on any atom is 0.266 e. The maximum absolute atomic E-state index is 13.2. The van der Waals surface area contributed by atoms with Crippen molar-refractivity contribution >= 4 is 22.5 Å². The van der Waals surface area contributed by atoms with Gasteiger partial charge in [0.05, 0.1) is 27.7 Å². The van der Waals surface area contributed by atoms with Gasteiger partial charge < -0.3 is 5.32 Å². The Hall–Kier alpha value is -2.17. The number of hydrogen-bond acceptors (Lipinski definition) is 3. The van der Waals surface area contributed by atoms with Gasteiger partial charge in [-0.25, -0.2) is 4.98 Å². The van der Waals surface area contributed by atoms with Gasteiger partial charge in [-0.15, -0.1) is 0 Å². The fraction of sp³-hybridized carbons (Fsp3) is 0.333. The van der Waals surface area contributed by atoms with Gasteiger partial charge in [0.1, 0.15) is 5.82 Å². The van der Waals surface area contributed by atoms with E-state index >= 15 is 0 Å². The summed E-state index contributed by atoms with van der Waals surface area (Å²) in [7, 11) is 0. The Kier molecular flexibility index (Phi) is 5.74. The number of benzene rings is 2. The highest BCUT2D eigenvalue weighted by molar-refractivity contribution is 6.32. The number of fused-ring (bicyclic) bond motifs is 1. The lowest BCUT2D eigenvalue weighted by Gasteiger charge is -2.20. The van der Waals surface area contributed by atoms with Crippen molar-refractivity contribution in [3.63, 3.8) is 0 Å². The second kappa shape index (κ2) is 8.02. The van der Waals surface area contributed by atoms with Crippen LogP contribution in [0.5, 0.6) is 0 Å². The molecule has 0 bridgehead atoms. The van der Waals surface area contributed by atoms with Crippen molar-refractivity contribution in [1.29, 1.82) is 0 Å². The second-order valence-corrected chi connectivity index (χ2v) is 7.34. The van der Waals surface area contributed by atoms with Gasteiger partial charge in [-0.2, -0.15) is 0 Å². The highest BCUT2D eigenvalue weighted by atomic mass is 35.5. The van der Waals surface area contributed by atoms with Crippen molar-refractivity contribution < 1.29 is 0 Å². The largest absolute Gasteiger partial charge is 0.308 e. The Bertz CT molecular complexity index is 965. The van der Waals surface area contributed by atoms with E-state index in [9.17, 15) is 4.79 Å². The van der Waals surface area contributed by atoms with Gasteiger partial charge in [0.25, 0.3) is 5.56 Å². The zero-order chi connectivity index (χ0) is 18.7. The molecule has 0 fully saturated rings. The Morgan fingerprint density at radius 1 is 1.08 bits per heavy atom. The first-order valence-corrected chi connectivity index (χ1v) is 9.37. The quantitative estimate of drug-likeness (QED) is 0.682. The van der Waals surface area contributed by atoms with Gasteiger partial charge in [0.15, 0.2) is 0 Å². The average molecular weight is 370 g/mol. The van der Waals surface area contributed by atoms with Crippen LogP contribution in [0.2, 0.25) is 5.02 Å². The van der Waals surface area contributed by atoms with E-state index in [1.807, 2.05) is 43.3 Å². The van der Waals surface area contributed by atoms with Crippen LogP contribution in [0.1, 0.15) is 39.1 Å². The van der Waals surface area contributed by atoms with E-state index < -0.39 is 0 Å². The average Bonchev–Trinajstić information content (AvgIpc) is 2.62. The standard InChI is InChI=1S/C21H24ClN3O/c1-14(2)12-13-23-15(3)20-24-18-10-6-4-8-16(18)21(26)25(20)19-11-7-5-9-17(19)22/h4-11,14-15,23H,12-13H2,1-3H3/t15-/m0/s1. The normalized spacial score (nSPS) is 12.7. The number of nitrogens with one attached hydrogen (secondary N) is 1. The summed E-state index contributed by atoms with van der Waals surface area (Å²) in [5.74, 6) is 1.29. The maximum atomic E-state index is 13.2. The lowest BCUT2D eigenvalue weighted by molar-refractivity contribution is 0.479. The van der Waals surface area contributed by atoms with Crippen molar-refractivity contribution in [1.82, 2.24) is 14.9 Å². The molecular formula is C21H24ClN3O. The number of halogens is 1. The molecule has 2 aromatic carbocycles. The summed E-state index contributed by atoms with van der Waals surface area (Å²) in [5, 5.41) is 4.60. The summed E-state index contributed by atoms with van der Waals surface area (Å²) in [6, 6.07) is 14.7. The first-order valence-electron chi connectivity index (χ1n) is 8.99. The Morgan fingerprint density at radius 3 is 2.50 bits per heavy atom. The molecule has 0 spiro atoms. The van der Waals surface area contributed by atoms with Crippen LogP contribution in [0.15, 0.2) is 53.3 Å². The predicted octanol–water partition coefficient (Wildman–Crippen LogP) is 4.74. The summed E-state index contributed by atoms with van der Waals surface area (Å²) in [6.07, 6.45) is 1.06. The molecule has 3 aromatic rings. The summed E-state index contributed by atoms with van der Waals surface area (Å²) in [4.78, 5) is 18.0. The molecule has 0 aliphatic heterocycles. The molecule has 0 aliphatic carbocycles. The number of para-hydroxylation sites is 2. The predicted molar refractivity (Wildman–Crippen MR) is 108 cm³/mol. The van der Waals surface area contributed by atoms with E-state index in [1.165, 1.54) is 0 Å². The molecule has 0 unspecified atom stereocenters. The van der Waals surface area contributed by atoms with Gasteiger partial charge in [0.2, 0.25) is 0 Å². The van der Waals surface area contributed by atoms with Crippen molar-refractivity contribution in [2.75, 3.05) is 6.54 Å². The molecule has 0 saturated heterocycles. The minimum absolute atomic E-state index is 0.0812. The van der Waals surface area contributed by atoms with Gasteiger partial charge in [-0.1, -0.05) is 49.7 Å². The van der Waals surface area contributed by atoms with E-state index in [-0.39, 0.29) is 11.6 Å². The molecule has 136 valence electrons. The van der Waals surface area contributed by atoms with Crippen LogP contribution in [0.25, 0.3) is 16.6 Å². The summed E-state index contributed by atoms with van der Waals surface area (Å²) < 4.78 is 1.64. The molecule has 3 rings (SSSR count). The molecule has 0 amide bonds. The zero-order valence-corrected chi connectivity index (χ0v) is 16.1. The molecule has 4 nitrogen and oxygen atoms in total. The Morgan fingerprint density at radius 2 is 1.77 bits per heavy atom. The number of hydrogen-bond donors (Lipinski definition) is 1. The first-order chi connectivity index (χ1) is 12.5. The van der Waals surface area contributed by atoms with Crippen LogP contribution in [-0.4, -0.2) is 16.1 Å². The highest BCUT2D eigenvalue weighted by Crippen LogP contribution is 2.23. The highest BCUT2D eigenvalue weighted by Gasteiger charge is 2.19. The lowest BCUT2D eigenvalue weighted by Crippen LogP contribution is -2.31. The van der Waals surface area contributed by atoms with Crippen LogP contribution >= 0.6 is 11.6 Å². The van der Waals surface area contributed by atoms with Crippen LogP contribution in [-0.2, 0) is 0 Å². The Labute approximate surface area is 158 Å². The second-order valence-electron chi connectivity index (χ2n) is 6.94. The molecular weight excluding hydrogens is 346 g/mol. The van der Waals surface area contributed by atoms with E-state index in [0.717, 1.165) is 13.0 Å². The van der Waals surface area contributed by atoms with Gasteiger partial charge >= 0.3 is 0 Å². The van der Waals surface area contributed by atoms with Gasteiger partial charge in [0, 0.05) is 0 Å². The van der Waals surface area contributed by atoms with Crippen LogP contribution < -0.4 is 10.9 Å². The molecule has 26 heavy (non-hydrogen) atoms. The van der Waals surface area contributed by atoms with Crippen LogP contribution in [0.3, 0.4) is 0 Å². The molecule has 1 aromatic heterocycles. The van der Waals surface area contributed by atoms with E-state index in [2.05, 4.69) is 19.2 Å². The number of rotatable bonds is 6. The molecule has 0 aliphatic rings. The molecule has 5 heteroatoms. The van der Waals surface area contributed by atoms with Gasteiger partial charge in [-0.3, -0.25) is 9.36 Å². The summed E-state index contributed by atoms with van der Waals surface area (Å²) >= 11 is 6.40. The van der Waals surface area contributed by atoms with Crippen LogP contribution in [0, 0.1) is 5.92 Å². The van der Waals surface area contributed by atoms with Crippen molar-refractivity contribution in [2.24, 2.45) is 5.92 Å². The minimum Gasteiger partial charge on any atom is -0.308 e. The van der Waals surface area contributed by atoms with E-state index in [4.69, 9.17) is 16.6 Å². The molecule has 1 N–H and O–H groups in total. The smallest absolute Gasteiger partial charge is 0.266 e.